The van der Waals surface area contributed by atoms with E-state index in [-0.39, 0.29) is 17.8 Å². The van der Waals surface area contributed by atoms with Gasteiger partial charge in [0.25, 0.3) is 0 Å². The molecule has 1 atom stereocenters. The van der Waals surface area contributed by atoms with Crippen LogP contribution in [0.5, 0.6) is 0 Å². The van der Waals surface area contributed by atoms with Crippen LogP contribution in [0.1, 0.15) is 29.9 Å². The number of ether oxygens (including phenoxy) is 1. The molecule has 1 fully saturated rings. The van der Waals surface area contributed by atoms with Gasteiger partial charge in [0.2, 0.25) is 5.91 Å². The molecule has 1 saturated heterocycles. The Kier molecular flexibility index (Phi) is 7.08. The maximum atomic E-state index is 13.3. The molecule has 0 spiro atoms. The Bertz CT molecular complexity index is 1110. The molecular formula is C22H24F3N5O2S. The van der Waals surface area contributed by atoms with Crippen molar-refractivity contribution in [2.24, 2.45) is 7.05 Å². The largest absolute Gasteiger partial charge is 0.416 e. The number of rotatable bonds is 8. The van der Waals surface area contributed by atoms with Gasteiger partial charge in [-0.25, -0.2) is 0 Å². The standard InChI is InChI=1S/C22H24F3N5O2S/c1-29-9-3-7-16(29)12-19-27-28-21(33-14-20(31)26-13-18-8-4-10-32-18)30(19)17-6-2-5-15(11-17)22(23,24)25/h2-3,5-7,9,11,18H,4,8,10,12-14H2,1H3,(H,26,31)/t18-/m1/s1. The maximum Gasteiger partial charge on any atom is 0.416 e. The van der Waals surface area contributed by atoms with Gasteiger partial charge in [-0.1, -0.05) is 17.8 Å². The smallest absolute Gasteiger partial charge is 0.376 e. The van der Waals surface area contributed by atoms with Gasteiger partial charge in [0, 0.05) is 38.5 Å². The van der Waals surface area contributed by atoms with Gasteiger partial charge in [0.05, 0.1) is 23.1 Å². The number of carbonyl (C=O) groups is 1. The number of amides is 1. The first kappa shape index (κ1) is 23.4. The van der Waals surface area contributed by atoms with E-state index in [4.69, 9.17) is 4.74 Å². The molecule has 3 aromatic rings. The fraction of sp³-hybridized carbons (Fsp3) is 0.409. The lowest BCUT2D eigenvalue weighted by Gasteiger charge is -2.14. The average Bonchev–Trinajstić information content (AvgIpc) is 3.53. The van der Waals surface area contributed by atoms with Crippen LogP contribution in [0.2, 0.25) is 0 Å². The highest BCUT2D eigenvalue weighted by atomic mass is 32.2. The summed E-state index contributed by atoms with van der Waals surface area (Å²) in [5, 5.41) is 11.6. The number of thioether (sulfide) groups is 1. The summed E-state index contributed by atoms with van der Waals surface area (Å²) in [7, 11) is 1.88. The lowest BCUT2D eigenvalue weighted by Crippen LogP contribution is -2.32. The molecule has 33 heavy (non-hydrogen) atoms. The minimum atomic E-state index is -4.47. The quantitative estimate of drug-likeness (QED) is 0.500. The van der Waals surface area contributed by atoms with Crippen molar-refractivity contribution < 1.29 is 22.7 Å². The highest BCUT2D eigenvalue weighted by molar-refractivity contribution is 7.99. The van der Waals surface area contributed by atoms with Crippen LogP contribution in [0.4, 0.5) is 13.2 Å². The third kappa shape index (κ3) is 5.77. The number of hydrogen-bond acceptors (Lipinski definition) is 5. The molecule has 176 valence electrons. The lowest BCUT2D eigenvalue weighted by molar-refractivity contribution is -0.137. The minimum Gasteiger partial charge on any atom is -0.376 e. The Balaban J connectivity index is 1.56. The summed E-state index contributed by atoms with van der Waals surface area (Å²) in [6.45, 7) is 1.15. The van der Waals surface area contributed by atoms with E-state index >= 15 is 0 Å². The molecule has 7 nitrogen and oxygen atoms in total. The number of halogens is 3. The molecule has 0 bridgehead atoms. The predicted octanol–water partition coefficient (Wildman–Crippen LogP) is 3.60. The number of aryl methyl sites for hydroxylation is 1. The summed E-state index contributed by atoms with van der Waals surface area (Å²) in [5.41, 5.74) is 0.464. The van der Waals surface area contributed by atoms with Gasteiger partial charge in [0.15, 0.2) is 5.16 Å². The molecule has 1 N–H and O–H groups in total. The third-order valence-corrected chi connectivity index (χ3v) is 6.33. The molecule has 1 aliphatic heterocycles. The second-order valence-electron chi connectivity index (χ2n) is 7.80. The van der Waals surface area contributed by atoms with Crippen LogP contribution in [0, 0.1) is 0 Å². The van der Waals surface area contributed by atoms with E-state index in [9.17, 15) is 18.0 Å². The van der Waals surface area contributed by atoms with Crippen molar-refractivity contribution in [2.75, 3.05) is 18.9 Å². The van der Waals surface area contributed by atoms with Crippen LogP contribution in [-0.2, 0) is 29.2 Å². The molecule has 1 aliphatic rings. The molecule has 11 heteroatoms. The second kappa shape index (κ2) is 10.0. The Morgan fingerprint density at radius 1 is 1.27 bits per heavy atom. The Labute approximate surface area is 193 Å². The van der Waals surface area contributed by atoms with Crippen LogP contribution >= 0.6 is 11.8 Å². The zero-order chi connectivity index (χ0) is 23.4. The highest BCUT2D eigenvalue weighted by Crippen LogP contribution is 2.32. The molecule has 4 rings (SSSR count). The monoisotopic (exact) mass is 479 g/mol. The molecule has 0 saturated carbocycles. The van der Waals surface area contributed by atoms with Crippen LogP contribution in [0.25, 0.3) is 5.69 Å². The third-order valence-electron chi connectivity index (χ3n) is 5.41. The zero-order valence-electron chi connectivity index (χ0n) is 18.0. The summed E-state index contributed by atoms with van der Waals surface area (Å²) < 4.78 is 49.0. The molecule has 0 aliphatic carbocycles. The molecule has 1 aromatic carbocycles. The van der Waals surface area contributed by atoms with Gasteiger partial charge in [-0.2, -0.15) is 13.2 Å². The molecule has 3 heterocycles. The number of alkyl halides is 3. The van der Waals surface area contributed by atoms with Crippen molar-refractivity contribution in [2.45, 2.75) is 36.7 Å². The van der Waals surface area contributed by atoms with Gasteiger partial charge < -0.3 is 14.6 Å². The van der Waals surface area contributed by atoms with Crippen LogP contribution < -0.4 is 5.32 Å². The van der Waals surface area contributed by atoms with Gasteiger partial charge in [-0.05, 0) is 43.2 Å². The Hall–Kier alpha value is -2.79. The van der Waals surface area contributed by atoms with E-state index in [0.29, 0.717) is 36.2 Å². The molecule has 0 unspecified atom stereocenters. The summed E-state index contributed by atoms with van der Waals surface area (Å²) in [5.74, 6) is 0.352. The van der Waals surface area contributed by atoms with Crippen molar-refractivity contribution in [1.82, 2.24) is 24.6 Å². The van der Waals surface area contributed by atoms with Gasteiger partial charge in [0.1, 0.15) is 5.82 Å². The number of carbonyl (C=O) groups excluding carboxylic acids is 1. The minimum absolute atomic E-state index is 0.0320. The first-order valence-electron chi connectivity index (χ1n) is 10.5. The molecular weight excluding hydrogens is 455 g/mol. The highest BCUT2D eigenvalue weighted by Gasteiger charge is 2.31. The van der Waals surface area contributed by atoms with Gasteiger partial charge in [-0.3, -0.25) is 9.36 Å². The van der Waals surface area contributed by atoms with E-state index in [1.807, 2.05) is 29.9 Å². The Morgan fingerprint density at radius 3 is 2.82 bits per heavy atom. The Morgan fingerprint density at radius 2 is 2.12 bits per heavy atom. The predicted molar refractivity (Wildman–Crippen MR) is 117 cm³/mol. The molecule has 0 radical (unpaired) electrons. The van der Waals surface area contributed by atoms with E-state index in [2.05, 4.69) is 15.5 Å². The first-order valence-corrected chi connectivity index (χ1v) is 11.5. The number of aromatic nitrogens is 4. The van der Waals surface area contributed by atoms with Crippen LogP contribution in [-0.4, -0.2) is 50.2 Å². The van der Waals surface area contributed by atoms with E-state index in [1.165, 1.54) is 6.07 Å². The topological polar surface area (TPSA) is 74.0 Å². The summed E-state index contributed by atoms with van der Waals surface area (Å²) in [6.07, 6.45) is -0.284. The average molecular weight is 480 g/mol. The van der Waals surface area contributed by atoms with Crippen LogP contribution in [0.3, 0.4) is 0 Å². The van der Waals surface area contributed by atoms with Crippen molar-refractivity contribution >= 4 is 17.7 Å². The normalized spacial score (nSPS) is 16.3. The number of nitrogens with one attached hydrogen (secondary N) is 1. The van der Waals surface area contributed by atoms with Gasteiger partial charge in [-0.15, -0.1) is 10.2 Å². The fourth-order valence-corrected chi connectivity index (χ4v) is 4.45. The summed E-state index contributed by atoms with van der Waals surface area (Å²) in [6, 6.07) is 8.82. The maximum absolute atomic E-state index is 13.3. The van der Waals surface area contributed by atoms with Crippen molar-refractivity contribution in [3.05, 3.63) is 59.7 Å². The fourth-order valence-electron chi connectivity index (χ4n) is 3.65. The zero-order valence-corrected chi connectivity index (χ0v) is 18.8. The number of benzene rings is 1. The number of nitrogens with zero attached hydrogens (tertiary/aromatic N) is 4. The van der Waals surface area contributed by atoms with Gasteiger partial charge >= 0.3 is 6.18 Å². The van der Waals surface area contributed by atoms with Crippen molar-refractivity contribution in [3.8, 4) is 5.69 Å². The van der Waals surface area contributed by atoms with Crippen molar-refractivity contribution in [1.29, 1.82) is 0 Å². The van der Waals surface area contributed by atoms with E-state index in [1.54, 1.807) is 10.6 Å². The summed E-state index contributed by atoms with van der Waals surface area (Å²) in [4.78, 5) is 12.3. The van der Waals surface area contributed by atoms with Crippen molar-refractivity contribution in [3.63, 3.8) is 0 Å². The van der Waals surface area contributed by atoms with E-state index < -0.39 is 11.7 Å². The molecule has 1 amide bonds. The lowest BCUT2D eigenvalue weighted by atomic mass is 10.2. The summed E-state index contributed by atoms with van der Waals surface area (Å²) >= 11 is 1.13. The molecule has 2 aromatic heterocycles. The van der Waals surface area contributed by atoms with E-state index in [0.717, 1.165) is 42.4 Å². The first-order chi connectivity index (χ1) is 15.8. The SMILES string of the molecule is Cn1cccc1Cc1nnc(SCC(=O)NC[C@H]2CCCO2)n1-c1cccc(C(F)(F)F)c1. The van der Waals surface area contributed by atoms with Crippen LogP contribution in [0.15, 0.2) is 47.8 Å². The number of hydrogen-bond donors (Lipinski definition) is 1. The second-order valence-corrected chi connectivity index (χ2v) is 8.74.